The summed E-state index contributed by atoms with van der Waals surface area (Å²) in [5, 5.41) is 5.94. The van der Waals surface area contributed by atoms with Crippen molar-refractivity contribution in [1.82, 2.24) is 9.97 Å². The molecule has 16 heavy (non-hydrogen) atoms. The number of anilines is 2. The van der Waals surface area contributed by atoms with Crippen LogP contribution in [0.2, 0.25) is 0 Å². The molecule has 0 saturated heterocycles. The summed E-state index contributed by atoms with van der Waals surface area (Å²) in [5.74, 6) is 0.872. The maximum atomic E-state index is 11.2. The van der Waals surface area contributed by atoms with Gasteiger partial charge in [0, 0.05) is 6.54 Å². The van der Waals surface area contributed by atoms with Crippen LogP contribution in [0.15, 0.2) is 12.4 Å². The summed E-state index contributed by atoms with van der Waals surface area (Å²) in [5.41, 5.74) is 0. The summed E-state index contributed by atoms with van der Waals surface area (Å²) in [6.45, 7) is 4.44. The normalized spacial score (nSPS) is 11.7. The van der Waals surface area contributed by atoms with Gasteiger partial charge in [-0.1, -0.05) is 0 Å². The largest absolute Gasteiger partial charge is 0.467 e. The number of nitrogens with zero attached hydrogens (tertiary/aromatic N) is 2. The predicted octanol–water partition coefficient (Wildman–Crippen LogP) is 0.882. The van der Waals surface area contributed by atoms with Crippen LogP contribution in [0.5, 0.6) is 0 Å². The fourth-order valence-electron chi connectivity index (χ4n) is 1.16. The van der Waals surface area contributed by atoms with Gasteiger partial charge in [-0.3, -0.25) is 4.98 Å². The molecule has 2 N–H and O–H groups in total. The highest BCUT2D eigenvalue weighted by atomic mass is 16.5. The molecule has 1 heterocycles. The molecule has 0 aromatic carbocycles. The molecule has 1 aromatic heterocycles. The monoisotopic (exact) mass is 224 g/mol. The SMILES string of the molecule is CCNc1cncc(NC(C)C(=O)OC)n1. The van der Waals surface area contributed by atoms with E-state index in [4.69, 9.17) is 0 Å². The van der Waals surface area contributed by atoms with Crippen LogP contribution in [-0.4, -0.2) is 35.6 Å². The third-order valence-electron chi connectivity index (χ3n) is 1.91. The predicted molar refractivity (Wildman–Crippen MR) is 61.3 cm³/mol. The van der Waals surface area contributed by atoms with Crippen LogP contribution in [0.25, 0.3) is 0 Å². The van der Waals surface area contributed by atoms with Gasteiger partial charge in [-0.15, -0.1) is 0 Å². The van der Waals surface area contributed by atoms with E-state index in [9.17, 15) is 4.79 Å². The molecule has 0 aliphatic rings. The van der Waals surface area contributed by atoms with Gasteiger partial charge in [0.1, 0.15) is 17.7 Å². The topological polar surface area (TPSA) is 76.1 Å². The molecule has 0 bridgehead atoms. The number of hydrogen-bond acceptors (Lipinski definition) is 6. The van der Waals surface area contributed by atoms with Gasteiger partial charge >= 0.3 is 5.97 Å². The molecule has 1 aromatic rings. The second-order valence-corrected chi connectivity index (χ2v) is 3.21. The summed E-state index contributed by atoms with van der Waals surface area (Å²) < 4.78 is 4.60. The Balaban J connectivity index is 2.66. The van der Waals surface area contributed by atoms with Crippen LogP contribution in [-0.2, 0) is 9.53 Å². The molecule has 0 saturated carbocycles. The molecule has 6 nitrogen and oxygen atoms in total. The number of rotatable bonds is 5. The van der Waals surface area contributed by atoms with E-state index >= 15 is 0 Å². The lowest BCUT2D eigenvalue weighted by molar-refractivity contribution is -0.141. The zero-order valence-electron chi connectivity index (χ0n) is 9.65. The second-order valence-electron chi connectivity index (χ2n) is 3.21. The number of aromatic nitrogens is 2. The number of methoxy groups -OCH3 is 1. The second kappa shape index (κ2) is 5.89. The first-order valence-corrected chi connectivity index (χ1v) is 5.07. The molecule has 1 atom stereocenters. The number of ether oxygens (including phenoxy) is 1. The summed E-state index contributed by atoms with van der Waals surface area (Å²) in [7, 11) is 1.35. The first-order chi connectivity index (χ1) is 7.67. The van der Waals surface area contributed by atoms with E-state index in [0.29, 0.717) is 11.6 Å². The highest BCUT2D eigenvalue weighted by Crippen LogP contribution is 2.07. The van der Waals surface area contributed by atoms with Crippen molar-refractivity contribution in [3.8, 4) is 0 Å². The van der Waals surface area contributed by atoms with Crippen molar-refractivity contribution in [2.75, 3.05) is 24.3 Å². The third-order valence-corrected chi connectivity index (χ3v) is 1.91. The standard InChI is InChI=1S/C10H16N4O2/c1-4-12-8-5-11-6-9(14-8)13-7(2)10(15)16-3/h5-7H,4H2,1-3H3,(H2,12,13,14). The average molecular weight is 224 g/mol. The van der Waals surface area contributed by atoms with Crippen molar-refractivity contribution < 1.29 is 9.53 Å². The van der Waals surface area contributed by atoms with E-state index in [0.717, 1.165) is 6.54 Å². The maximum absolute atomic E-state index is 11.2. The molecule has 0 aliphatic heterocycles. The van der Waals surface area contributed by atoms with Crippen LogP contribution in [0.1, 0.15) is 13.8 Å². The quantitative estimate of drug-likeness (QED) is 0.723. The van der Waals surface area contributed by atoms with Gasteiger partial charge in [0.25, 0.3) is 0 Å². The van der Waals surface area contributed by atoms with Crippen molar-refractivity contribution in [3.05, 3.63) is 12.4 Å². The lowest BCUT2D eigenvalue weighted by Gasteiger charge is -2.12. The van der Waals surface area contributed by atoms with E-state index in [1.54, 1.807) is 19.3 Å². The van der Waals surface area contributed by atoms with Crippen LogP contribution in [0.3, 0.4) is 0 Å². The van der Waals surface area contributed by atoms with E-state index in [2.05, 4.69) is 25.3 Å². The molecule has 0 aliphatic carbocycles. The summed E-state index contributed by atoms with van der Waals surface area (Å²) in [6, 6.07) is -0.448. The summed E-state index contributed by atoms with van der Waals surface area (Å²) in [6.07, 6.45) is 3.18. The van der Waals surface area contributed by atoms with Crippen LogP contribution >= 0.6 is 0 Å². The molecular weight excluding hydrogens is 208 g/mol. The van der Waals surface area contributed by atoms with E-state index in [-0.39, 0.29) is 5.97 Å². The average Bonchev–Trinajstić information content (AvgIpc) is 2.29. The van der Waals surface area contributed by atoms with Crippen LogP contribution in [0, 0.1) is 0 Å². The minimum atomic E-state index is -0.448. The zero-order chi connectivity index (χ0) is 12.0. The summed E-state index contributed by atoms with van der Waals surface area (Å²) >= 11 is 0. The van der Waals surface area contributed by atoms with Crippen molar-refractivity contribution >= 4 is 17.6 Å². The maximum Gasteiger partial charge on any atom is 0.328 e. The first-order valence-electron chi connectivity index (χ1n) is 5.07. The number of esters is 1. The molecule has 0 radical (unpaired) electrons. The molecular formula is C10H16N4O2. The van der Waals surface area contributed by atoms with Gasteiger partial charge in [-0.05, 0) is 13.8 Å². The zero-order valence-corrected chi connectivity index (χ0v) is 9.65. The van der Waals surface area contributed by atoms with Crippen molar-refractivity contribution in [2.45, 2.75) is 19.9 Å². The van der Waals surface area contributed by atoms with Crippen molar-refractivity contribution in [2.24, 2.45) is 0 Å². The lowest BCUT2D eigenvalue weighted by atomic mass is 10.3. The molecule has 6 heteroatoms. The Hall–Kier alpha value is -1.85. The fraction of sp³-hybridized carbons (Fsp3) is 0.500. The Morgan fingerprint density at radius 1 is 1.50 bits per heavy atom. The third kappa shape index (κ3) is 3.38. The molecule has 0 spiro atoms. The molecule has 1 rings (SSSR count). The Kier molecular flexibility index (Phi) is 4.50. The van der Waals surface area contributed by atoms with Crippen molar-refractivity contribution in [3.63, 3.8) is 0 Å². The minimum Gasteiger partial charge on any atom is -0.467 e. The van der Waals surface area contributed by atoms with E-state index < -0.39 is 6.04 Å². The van der Waals surface area contributed by atoms with Gasteiger partial charge in [0.2, 0.25) is 0 Å². The van der Waals surface area contributed by atoms with Gasteiger partial charge in [-0.2, -0.15) is 0 Å². The number of hydrogen-bond donors (Lipinski definition) is 2. The Labute approximate surface area is 94.4 Å². The number of carbonyl (C=O) groups excluding carboxylic acids is 1. The van der Waals surface area contributed by atoms with Gasteiger partial charge in [0.05, 0.1) is 19.5 Å². The van der Waals surface area contributed by atoms with Crippen molar-refractivity contribution in [1.29, 1.82) is 0 Å². The first kappa shape index (κ1) is 12.2. The van der Waals surface area contributed by atoms with Gasteiger partial charge in [-0.25, -0.2) is 9.78 Å². The Bertz CT molecular complexity index is 356. The fourth-order valence-corrected chi connectivity index (χ4v) is 1.16. The smallest absolute Gasteiger partial charge is 0.328 e. The highest BCUT2D eigenvalue weighted by molar-refractivity contribution is 5.78. The lowest BCUT2D eigenvalue weighted by Crippen LogP contribution is -2.27. The molecule has 88 valence electrons. The van der Waals surface area contributed by atoms with E-state index in [1.807, 2.05) is 6.92 Å². The number of nitrogens with one attached hydrogen (secondary N) is 2. The molecule has 0 amide bonds. The summed E-state index contributed by atoms with van der Waals surface area (Å²) in [4.78, 5) is 19.4. The Morgan fingerprint density at radius 3 is 2.81 bits per heavy atom. The van der Waals surface area contributed by atoms with Gasteiger partial charge < -0.3 is 15.4 Å². The van der Waals surface area contributed by atoms with Crippen LogP contribution < -0.4 is 10.6 Å². The number of carbonyl (C=O) groups is 1. The Morgan fingerprint density at radius 2 is 2.19 bits per heavy atom. The highest BCUT2D eigenvalue weighted by Gasteiger charge is 2.13. The minimum absolute atomic E-state index is 0.337. The van der Waals surface area contributed by atoms with E-state index in [1.165, 1.54) is 7.11 Å². The van der Waals surface area contributed by atoms with Gasteiger partial charge in [0.15, 0.2) is 0 Å². The molecule has 0 fully saturated rings. The molecule has 1 unspecified atom stereocenters. The van der Waals surface area contributed by atoms with Crippen LogP contribution in [0.4, 0.5) is 11.6 Å².